The zero-order valence-electron chi connectivity index (χ0n) is 12.8. The summed E-state index contributed by atoms with van der Waals surface area (Å²) in [6.45, 7) is 3.81. The molecule has 134 valence electrons. The van der Waals surface area contributed by atoms with Gasteiger partial charge in [-0.1, -0.05) is 26.7 Å². The zero-order chi connectivity index (χ0) is 17.8. The van der Waals surface area contributed by atoms with Gasteiger partial charge in [0.05, 0.1) is 12.1 Å². The number of halogens is 3. The van der Waals surface area contributed by atoms with Gasteiger partial charge in [0.2, 0.25) is 5.25 Å². The van der Waals surface area contributed by atoms with Gasteiger partial charge in [0.25, 0.3) is 21.7 Å². The van der Waals surface area contributed by atoms with E-state index in [4.69, 9.17) is 0 Å². The van der Waals surface area contributed by atoms with E-state index in [1.807, 2.05) is 13.8 Å². The van der Waals surface area contributed by atoms with E-state index in [2.05, 4.69) is 0 Å². The summed E-state index contributed by atoms with van der Waals surface area (Å²) in [7, 11) is -5.91. The van der Waals surface area contributed by atoms with Gasteiger partial charge >= 0.3 is 5.51 Å². The first kappa shape index (κ1) is 20.1. The van der Waals surface area contributed by atoms with Crippen LogP contribution in [0.25, 0.3) is 0 Å². The van der Waals surface area contributed by atoms with Crippen molar-refractivity contribution in [1.82, 2.24) is 8.61 Å². The highest BCUT2D eigenvalue weighted by molar-refractivity contribution is 7.98. The number of sulfone groups is 1. The summed E-state index contributed by atoms with van der Waals surface area (Å²) in [6, 6.07) is 0. The molecule has 0 N–H and O–H groups in total. The third-order valence-corrected chi connectivity index (χ3v) is 5.99. The summed E-state index contributed by atoms with van der Waals surface area (Å²) < 4.78 is 63.5. The maximum absolute atomic E-state index is 12.8. The fraction of sp³-hybridized carbons (Fsp3) is 0.833. The lowest BCUT2D eigenvalue weighted by molar-refractivity contribution is -0.137. The van der Waals surface area contributed by atoms with Crippen molar-refractivity contribution < 1.29 is 31.2 Å². The third kappa shape index (κ3) is 4.31. The van der Waals surface area contributed by atoms with Crippen LogP contribution < -0.4 is 0 Å². The van der Waals surface area contributed by atoms with Gasteiger partial charge in [-0.2, -0.15) is 13.2 Å². The largest absolute Gasteiger partial charge is 0.498 e. The van der Waals surface area contributed by atoms with Crippen molar-refractivity contribution >= 4 is 33.8 Å². The van der Waals surface area contributed by atoms with E-state index in [1.165, 1.54) is 0 Å². The Bertz CT molecular complexity index is 525. The highest BCUT2D eigenvalue weighted by Gasteiger charge is 2.60. The Hall–Kier alpha value is -0.970. The Morgan fingerprint density at radius 2 is 1.39 bits per heavy atom. The summed E-state index contributed by atoms with van der Waals surface area (Å²) in [5.74, 6) is -2.64. The lowest BCUT2D eigenvalue weighted by Gasteiger charge is -2.37. The average molecular weight is 376 g/mol. The summed E-state index contributed by atoms with van der Waals surface area (Å²) >= 11 is 0.694. The molecule has 0 atom stereocenters. The molecule has 0 aromatic heterocycles. The van der Waals surface area contributed by atoms with Gasteiger partial charge in [0.15, 0.2) is 0 Å². The molecule has 1 fully saturated rings. The van der Waals surface area contributed by atoms with Crippen LogP contribution in [-0.4, -0.2) is 52.7 Å². The summed E-state index contributed by atoms with van der Waals surface area (Å²) in [4.78, 5) is 24.3. The van der Waals surface area contributed by atoms with Crippen LogP contribution in [0.15, 0.2) is 0 Å². The van der Waals surface area contributed by atoms with Gasteiger partial charge in [-0.15, -0.1) is 0 Å². The number of hydrogen-bond donors (Lipinski definition) is 0. The van der Waals surface area contributed by atoms with Gasteiger partial charge in [0, 0.05) is 13.1 Å². The Morgan fingerprint density at radius 1 is 1.00 bits per heavy atom. The van der Waals surface area contributed by atoms with E-state index < -0.39 is 32.4 Å². The molecule has 0 unspecified atom stereocenters. The second kappa shape index (κ2) is 7.73. The van der Waals surface area contributed by atoms with E-state index in [-0.39, 0.29) is 13.1 Å². The summed E-state index contributed by atoms with van der Waals surface area (Å²) in [5.41, 5.74) is -5.65. The molecule has 0 bridgehead atoms. The van der Waals surface area contributed by atoms with Crippen molar-refractivity contribution in [2.45, 2.75) is 50.3 Å². The van der Waals surface area contributed by atoms with E-state index in [0.717, 1.165) is 8.61 Å². The molecule has 1 saturated heterocycles. The molecule has 0 aliphatic carbocycles. The first-order valence-corrected chi connectivity index (χ1v) is 9.46. The van der Waals surface area contributed by atoms with Crippen LogP contribution in [0.4, 0.5) is 13.2 Å². The molecule has 0 aromatic carbocycles. The standard InChI is InChI=1S/C12H19F3N2O4S2/c1-3-5-7-16-10(18)9(23(20,21)12(13,14)15)11(19)17(22-16)8-6-4-2/h9H,3-8H2,1-2H3. The highest BCUT2D eigenvalue weighted by atomic mass is 32.2. The molecule has 1 heterocycles. The molecule has 23 heavy (non-hydrogen) atoms. The van der Waals surface area contributed by atoms with Crippen LogP contribution in [0, 0.1) is 0 Å². The van der Waals surface area contributed by atoms with Gasteiger partial charge in [0.1, 0.15) is 0 Å². The number of unbranched alkanes of at least 4 members (excludes halogenated alkanes) is 2. The third-order valence-electron chi connectivity index (χ3n) is 3.20. The second-order valence-corrected chi connectivity index (χ2v) is 8.11. The molecular weight excluding hydrogens is 357 g/mol. The van der Waals surface area contributed by atoms with Crippen LogP contribution in [0.5, 0.6) is 0 Å². The van der Waals surface area contributed by atoms with Crippen LogP contribution in [0.1, 0.15) is 39.5 Å². The van der Waals surface area contributed by atoms with Crippen molar-refractivity contribution in [2.24, 2.45) is 0 Å². The van der Waals surface area contributed by atoms with Gasteiger partial charge in [-0.25, -0.2) is 8.42 Å². The number of nitrogens with zero attached hydrogens (tertiary/aromatic N) is 2. The molecular formula is C12H19F3N2O4S2. The van der Waals surface area contributed by atoms with Crippen molar-refractivity contribution in [3.63, 3.8) is 0 Å². The SMILES string of the molecule is CCCCN1SN(CCCC)C(=O)C(S(=O)(=O)C(F)(F)F)C1=O. The highest BCUT2D eigenvalue weighted by Crippen LogP contribution is 2.35. The van der Waals surface area contributed by atoms with Gasteiger partial charge < -0.3 is 0 Å². The maximum atomic E-state index is 12.8. The molecule has 0 spiro atoms. The number of carbonyl (C=O) groups excluding carboxylic acids is 2. The predicted octanol–water partition coefficient (Wildman–Crippen LogP) is 2.12. The number of carbonyl (C=O) groups is 2. The van der Waals surface area contributed by atoms with Crippen molar-refractivity contribution in [1.29, 1.82) is 0 Å². The van der Waals surface area contributed by atoms with Gasteiger partial charge in [-0.3, -0.25) is 18.2 Å². The maximum Gasteiger partial charge on any atom is 0.498 e. The van der Waals surface area contributed by atoms with Crippen molar-refractivity contribution in [3.05, 3.63) is 0 Å². The van der Waals surface area contributed by atoms with Gasteiger partial charge in [-0.05, 0) is 12.8 Å². The Morgan fingerprint density at radius 3 is 1.70 bits per heavy atom. The normalized spacial score (nSPS) is 18.0. The lowest BCUT2D eigenvalue weighted by Crippen LogP contribution is -2.58. The zero-order valence-corrected chi connectivity index (χ0v) is 14.4. The number of rotatable bonds is 7. The van der Waals surface area contributed by atoms with Crippen LogP contribution >= 0.6 is 12.1 Å². The monoisotopic (exact) mass is 376 g/mol. The van der Waals surface area contributed by atoms with Crippen LogP contribution in [0.3, 0.4) is 0 Å². The molecule has 1 rings (SSSR count). The van der Waals surface area contributed by atoms with E-state index in [0.29, 0.717) is 37.8 Å². The van der Waals surface area contributed by atoms with E-state index in [9.17, 15) is 31.2 Å². The molecule has 0 radical (unpaired) electrons. The number of amides is 2. The number of hydrogen-bond acceptors (Lipinski definition) is 5. The van der Waals surface area contributed by atoms with Crippen molar-refractivity contribution in [3.8, 4) is 0 Å². The topological polar surface area (TPSA) is 74.8 Å². The van der Waals surface area contributed by atoms with E-state index >= 15 is 0 Å². The molecule has 11 heteroatoms. The minimum absolute atomic E-state index is 0.0831. The smallest absolute Gasteiger partial charge is 0.272 e. The van der Waals surface area contributed by atoms with Crippen molar-refractivity contribution in [2.75, 3.05) is 13.1 Å². The first-order chi connectivity index (χ1) is 10.6. The number of alkyl halides is 3. The fourth-order valence-corrected chi connectivity index (χ4v) is 4.09. The molecule has 1 aliphatic heterocycles. The molecule has 2 amide bonds. The van der Waals surface area contributed by atoms with E-state index in [1.54, 1.807) is 0 Å². The average Bonchev–Trinajstić information content (AvgIpc) is 2.44. The molecule has 6 nitrogen and oxygen atoms in total. The van der Waals surface area contributed by atoms with Crippen LogP contribution in [-0.2, 0) is 19.4 Å². The Labute approximate surface area is 137 Å². The molecule has 1 aliphatic rings. The fourth-order valence-electron chi connectivity index (χ4n) is 1.87. The minimum atomic E-state index is -5.91. The summed E-state index contributed by atoms with van der Waals surface area (Å²) in [5, 5.41) is -2.74. The second-order valence-electron chi connectivity index (χ2n) is 5.04. The predicted molar refractivity (Wildman–Crippen MR) is 79.6 cm³/mol. The Kier molecular flexibility index (Phi) is 6.75. The Balaban J connectivity index is 3.18. The van der Waals surface area contributed by atoms with Crippen LogP contribution in [0.2, 0.25) is 0 Å². The quantitative estimate of drug-likeness (QED) is 0.503. The molecule has 0 saturated carbocycles. The summed E-state index contributed by atoms with van der Waals surface area (Å²) in [6.07, 6.45) is 2.33. The first-order valence-electron chi connectivity index (χ1n) is 7.18. The minimum Gasteiger partial charge on any atom is -0.272 e. The molecule has 0 aromatic rings. The lowest BCUT2D eigenvalue weighted by atomic mass is 10.3.